The molecule has 0 saturated carbocycles. The summed E-state index contributed by atoms with van der Waals surface area (Å²) in [6.07, 6.45) is 0. The fourth-order valence-electron chi connectivity index (χ4n) is 3.37. The lowest BCUT2D eigenvalue weighted by Gasteiger charge is -2.27. The highest BCUT2D eigenvalue weighted by atomic mass is 15.4. The first-order valence-electron chi connectivity index (χ1n) is 9.15. The zero-order valence-corrected chi connectivity index (χ0v) is 14.9. The molecule has 3 aromatic rings. The van der Waals surface area contributed by atoms with Gasteiger partial charge >= 0.3 is 0 Å². The number of hydrogen-bond acceptors (Lipinski definition) is 4. The minimum absolute atomic E-state index is 0.584. The third-order valence-corrected chi connectivity index (χ3v) is 4.86. The van der Waals surface area contributed by atoms with Crippen LogP contribution in [0.1, 0.15) is 22.4 Å². The Bertz CT molecular complexity index is 839. The van der Waals surface area contributed by atoms with Crippen molar-refractivity contribution in [3.05, 3.63) is 83.0 Å². The monoisotopic (exact) mass is 347 g/mol. The Morgan fingerprint density at radius 2 is 1.69 bits per heavy atom. The lowest BCUT2D eigenvalue weighted by Crippen LogP contribution is -2.33. The Hall–Kier alpha value is -2.63. The van der Waals surface area contributed by atoms with E-state index in [1.54, 1.807) is 0 Å². The molecule has 0 spiro atoms. The summed E-state index contributed by atoms with van der Waals surface area (Å²) >= 11 is 0. The van der Waals surface area contributed by atoms with Gasteiger partial charge in [-0.1, -0.05) is 54.6 Å². The van der Waals surface area contributed by atoms with Gasteiger partial charge in [-0.3, -0.25) is 9.58 Å². The summed E-state index contributed by atoms with van der Waals surface area (Å²) in [6.45, 7) is 5.26. The van der Waals surface area contributed by atoms with Crippen LogP contribution in [-0.2, 0) is 32.7 Å². The zero-order chi connectivity index (χ0) is 17.8. The molecule has 26 heavy (non-hydrogen) atoms. The van der Waals surface area contributed by atoms with Gasteiger partial charge in [-0.05, 0) is 16.7 Å². The van der Waals surface area contributed by atoms with Crippen molar-refractivity contribution in [3.63, 3.8) is 0 Å². The van der Waals surface area contributed by atoms with Gasteiger partial charge in [0.1, 0.15) is 5.82 Å². The normalized spacial score (nSPS) is 14.2. The quantitative estimate of drug-likeness (QED) is 0.720. The van der Waals surface area contributed by atoms with E-state index in [2.05, 4.69) is 75.6 Å². The predicted octanol–water partition coefficient (Wildman–Crippen LogP) is 2.97. The largest absolute Gasteiger partial charge is 0.365 e. The maximum absolute atomic E-state index is 5.65. The summed E-state index contributed by atoms with van der Waals surface area (Å²) in [5.74, 6) is 0.949. The smallest absolute Gasteiger partial charge is 0.148 e. The number of rotatable bonds is 6. The molecule has 1 aliphatic heterocycles. The first-order chi connectivity index (χ1) is 12.8. The van der Waals surface area contributed by atoms with Crippen LogP contribution in [0.15, 0.2) is 60.7 Å². The van der Waals surface area contributed by atoms with Crippen molar-refractivity contribution < 1.29 is 0 Å². The molecule has 0 aliphatic carbocycles. The number of hydrogen-bond donors (Lipinski definition) is 2. The molecule has 4 rings (SSSR count). The average Bonchev–Trinajstić information content (AvgIpc) is 3.10. The van der Waals surface area contributed by atoms with E-state index in [1.165, 1.54) is 16.8 Å². The van der Waals surface area contributed by atoms with Crippen molar-refractivity contribution in [1.82, 2.24) is 14.7 Å². The van der Waals surface area contributed by atoms with Crippen molar-refractivity contribution in [2.45, 2.75) is 32.7 Å². The highest BCUT2D eigenvalue weighted by molar-refractivity contribution is 5.38. The molecule has 0 bridgehead atoms. The average molecular weight is 347 g/mol. The van der Waals surface area contributed by atoms with Gasteiger partial charge in [0.15, 0.2) is 0 Å². The molecule has 134 valence electrons. The summed E-state index contributed by atoms with van der Waals surface area (Å²) in [5, 5.41) is 8.14. The molecule has 5 nitrogen and oxygen atoms in total. The second-order valence-electron chi connectivity index (χ2n) is 6.81. The Morgan fingerprint density at radius 3 is 2.46 bits per heavy atom. The molecule has 0 fully saturated rings. The summed E-state index contributed by atoms with van der Waals surface area (Å²) in [5.41, 5.74) is 10.7. The SMILES string of the molecule is NCc1ccc(CNc2cc3n(n2)CCN(Cc2ccccc2)C3)cc1. The highest BCUT2D eigenvalue weighted by Gasteiger charge is 2.18. The third kappa shape index (κ3) is 3.95. The number of nitrogens with two attached hydrogens (primary N) is 1. The van der Waals surface area contributed by atoms with E-state index >= 15 is 0 Å². The van der Waals surface area contributed by atoms with Crippen molar-refractivity contribution in [3.8, 4) is 0 Å². The second-order valence-corrected chi connectivity index (χ2v) is 6.81. The number of aromatic nitrogens is 2. The molecule has 2 aromatic carbocycles. The first kappa shape index (κ1) is 16.8. The summed E-state index contributed by atoms with van der Waals surface area (Å²) in [6, 6.07) is 21.2. The third-order valence-electron chi connectivity index (χ3n) is 4.86. The van der Waals surface area contributed by atoms with Crippen molar-refractivity contribution in [1.29, 1.82) is 0 Å². The number of nitrogens with zero attached hydrogens (tertiary/aromatic N) is 3. The number of nitrogens with one attached hydrogen (secondary N) is 1. The standard InChI is InChI=1S/C21H25N5/c22-13-17-6-8-18(9-7-17)14-23-21-12-20-16-25(10-11-26(20)24-21)15-19-4-2-1-3-5-19/h1-9,12H,10-11,13-16,22H2,(H,23,24). The molecule has 0 saturated heterocycles. The molecule has 0 atom stereocenters. The van der Waals surface area contributed by atoms with Crippen LogP contribution >= 0.6 is 0 Å². The van der Waals surface area contributed by atoms with E-state index < -0.39 is 0 Å². The van der Waals surface area contributed by atoms with Gasteiger partial charge in [0.05, 0.1) is 12.2 Å². The molecular weight excluding hydrogens is 322 g/mol. The molecule has 0 amide bonds. The fraction of sp³-hybridized carbons (Fsp3) is 0.286. The summed E-state index contributed by atoms with van der Waals surface area (Å²) < 4.78 is 2.13. The zero-order valence-electron chi connectivity index (χ0n) is 14.9. The van der Waals surface area contributed by atoms with E-state index in [4.69, 9.17) is 10.8 Å². The van der Waals surface area contributed by atoms with E-state index in [0.29, 0.717) is 6.54 Å². The molecule has 5 heteroatoms. The van der Waals surface area contributed by atoms with Gasteiger partial charge in [0, 0.05) is 38.8 Å². The molecule has 0 radical (unpaired) electrons. The molecule has 1 aromatic heterocycles. The van der Waals surface area contributed by atoms with Crippen molar-refractivity contribution >= 4 is 5.82 Å². The minimum Gasteiger partial charge on any atom is -0.365 e. The number of anilines is 1. The van der Waals surface area contributed by atoms with Crippen molar-refractivity contribution in [2.75, 3.05) is 11.9 Å². The summed E-state index contributed by atoms with van der Waals surface area (Å²) in [7, 11) is 0. The molecule has 0 unspecified atom stereocenters. The van der Waals surface area contributed by atoms with Crippen LogP contribution in [0.2, 0.25) is 0 Å². The fourth-order valence-corrected chi connectivity index (χ4v) is 3.37. The maximum atomic E-state index is 5.65. The Balaban J connectivity index is 1.36. The van der Waals surface area contributed by atoms with E-state index in [0.717, 1.165) is 44.1 Å². The Labute approximate surface area is 154 Å². The number of fused-ring (bicyclic) bond motifs is 1. The van der Waals surface area contributed by atoms with Crippen LogP contribution in [0.3, 0.4) is 0 Å². The Morgan fingerprint density at radius 1 is 0.923 bits per heavy atom. The second kappa shape index (κ2) is 7.72. The van der Waals surface area contributed by atoms with Crippen LogP contribution in [0.4, 0.5) is 5.82 Å². The van der Waals surface area contributed by atoms with E-state index in [1.807, 2.05) is 0 Å². The maximum Gasteiger partial charge on any atom is 0.148 e. The van der Waals surface area contributed by atoms with Gasteiger partial charge in [-0.2, -0.15) is 5.10 Å². The van der Waals surface area contributed by atoms with E-state index in [-0.39, 0.29) is 0 Å². The van der Waals surface area contributed by atoms with Crippen LogP contribution < -0.4 is 11.1 Å². The van der Waals surface area contributed by atoms with Crippen LogP contribution in [0, 0.1) is 0 Å². The molecule has 3 N–H and O–H groups in total. The van der Waals surface area contributed by atoms with Crippen LogP contribution in [0.25, 0.3) is 0 Å². The summed E-state index contributed by atoms with van der Waals surface area (Å²) in [4.78, 5) is 2.47. The lowest BCUT2D eigenvalue weighted by molar-refractivity contribution is 0.205. The number of benzene rings is 2. The predicted molar refractivity (Wildman–Crippen MR) is 104 cm³/mol. The lowest BCUT2D eigenvalue weighted by atomic mass is 10.1. The molecule has 2 heterocycles. The molecular formula is C21H25N5. The highest BCUT2D eigenvalue weighted by Crippen LogP contribution is 2.19. The topological polar surface area (TPSA) is 59.1 Å². The van der Waals surface area contributed by atoms with Gasteiger partial charge in [0.2, 0.25) is 0 Å². The van der Waals surface area contributed by atoms with Crippen molar-refractivity contribution in [2.24, 2.45) is 5.73 Å². The minimum atomic E-state index is 0.584. The van der Waals surface area contributed by atoms with Gasteiger partial charge < -0.3 is 11.1 Å². The van der Waals surface area contributed by atoms with Gasteiger partial charge in [-0.15, -0.1) is 0 Å². The molecule has 1 aliphatic rings. The van der Waals surface area contributed by atoms with Gasteiger partial charge in [0.25, 0.3) is 0 Å². The Kier molecular flexibility index (Phi) is 5.00. The van der Waals surface area contributed by atoms with E-state index in [9.17, 15) is 0 Å². The van der Waals surface area contributed by atoms with Crippen LogP contribution in [0.5, 0.6) is 0 Å². The van der Waals surface area contributed by atoms with Crippen LogP contribution in [-0.4, -0.2) is 21.2 Å². The van der Waals surface area contributed by atoms with Gasteiger partial charge in [-0.25, -0.2) is 0 Å². The first-order valence-corrected chi connectivity index (χ1v) is 9.15.